The van der Waals surface area contributed by atoms with Crippen molar-refractivity contribution in [1.82, 2.24) is 9.97 Å². The second-order valence-corrected chi connectivity index (χ2v) is 9.91. The zero-order valence-electron chi connectivity index (χ0n) is 23.0. The molecule has 0 unspecified atom stereocenters. The van der Waals surface area contributed by atoms with Crippen LogP contribution in [0.3, 0.4) is 0 Å². The molecule has 0 spiro atoms. The van der Waals surface area contributed by atoms with Crippen LogP contribution in [0.5, 0.6) is 11.5 Å². The minimum absolute atomic E-state index is 0.0129. The summed E-state index contributed by atoms with van der Waals surface area (Å²) in [6.07, 6.45) is 3.97. The molecule has 0 amide bonds. The molecule has 3 rings (SSSR count). The molecule has 39 heavy (non-hydrogen) atoms. The van der Waals surface area contributed by atoms with Crippen LogP contribution in [0.15, 0.2) is 53.5 Å². The van der Waals surface area contributed by atoms with E-state index in [1.165, 1.54) is 11.1 Å². The Kier molecular flexibility index (Phi) is 11.2. The van der Waals surface area contributed by atoms with Gasteiger partial charge in [0.15, 0.2) is 16.8 Å². The Bertz CT molecular complexity index is 1170. The molecule has 0 aliphatic heterocycles. The van der Waals surface area contributed by atoms with E-state index in [2.05, 4.69) is 46.1 Å². The first-order chi connectivity index (χ1) is 18.8. The molecule has 0 aliphatic carbocycles. The van der Waals surface area contributed by atoms with Crippen molar-refractivity contribution in [3.63, 3.8) is 0 Å². The van der Waals surface area contributed by atoms with Crippen LogP contribution in [0, 0.1) is 0 Å². The van der Waals surface area contributed by atoms with Crippen LogP contribution in [0.2, 0.25) is 5.15 Å². The second-order valence-electron chi connectivity index (χ2n) is 9.55. The third kappa shape index (κ3) is 8.73. The summed E-state index contributed by atoms with van der Waals surface area (Å²) >= 11 is 5.94. The van der Waals surface area contributed by atoms with Crippen molar-refractivity contribution in [2.45, 2.75) is 32.6 Å². The number of halogens is 1. The Morgan fingerprint density at radius 2 is 1.36 bits per heavy atom. The lowest BCUT2D eigenvalue weighted by Crippen LogP contribution is -2.51. The van der Waals surface area contributed by atoms with Crippen molar-refractivity contribution in [2.24, 2.45) is 4.99 Å². The largest absolute Gasteiger partial charge is 0.857 e. The molecule has 0 atom stereocenters. The predicted octanol–water partition coefficient (Wildman–Crippen LogP) is 3.52. The molecule has 0 radical (unpaired) electrons. The van der Waals surface area contributed by atoms with E-state index in [1.54, 1.807) is 14.2 Å². The first-order valence-electron chi connectivity index (χ1n) is 13.2. The predicted molar refractivity (Wildman–Crippen MR) is 155 cm³/mol. The molecule has 2 aromatic carbocycles. The fourth-order valence-electron chi connectivity index (χ4n) is 4.67. The van der Waals surface area contributed by atoms with Crippen molar-refractivity contribution in [2.75, 3.05) is 58.4 Å². The van der Waals surface area contributed by atoms with E-state index < -0.39 is 5.90 Å². The van der Waals surface area contributed by atoms with Crippen LogP contribution in [-0.2, 0) is 12.8 Å². The van der Waals surface area contributed by atoms with Gasteiger partial charge in [-0.25, -0.2) is 9.97 Å². The fourth-order valence-corrected chi connectivity index (χ4v) is 4.80. The molecule has 0 saturated carbocycles. The van der Waals surface area contributed by atoms with Crippen LogP contribution in [0.25, 0.3) is 0 Å². The average Bonchev–Trinajstić information content (AvgIpc) is 2.95. The number of methoxy groups -OCH3 is 2. The van der Waals surface area contributed by atoms with Gasteiger partial charge in [0.1, 0.15) is 17.2 Å². The Hall–Kier alpha value is -3.56. The number of nitrogen functional groups attached to an aromatic ring is 2. The molecule has 0 fully saturated rings. The maximum absolute atomic E-state index is 12.7. The van der Waals surface area contributed by atoms with E-state index in [0.717, 1.165) is 67.8 Å². The Morgan fingerprint density at radius 3 is 1.82 bits per heavy atom. The number of ether oxygens (including phenoxy) is 2. The monoisotopic (exact) mass is 554 g/mol. The normalized spacial score (nSPS) is 11.9. The van der Waals surface area contributed by atoms with Gasteiger partial charge in [0.25, 0.3) is 0 Å². The summed E-state index contributed by atoms with van der Waals surface area (Å²) in [5.41, 5.74) is 14.0. The van der Waals surface area contributed by atoms with E-state index in [0.29, 0.717) is 6.54 Å². The smallest absolute Gasteiger partial charge is 0.172 e. The molecule has 1 aromatic heterocycles. The third-order valence-electron chi connectivity index (χ3n) is 7.12. The number of quaternary nitrogens is 1. The zero-order valence-corrected chi connectivity index (χ0v) is 23.8. The number of nitrogens with zero attached hydrogens (tertiary/aromatic N) is 4. The highest BCUT2D eigenvalue weighted by Gasteiger charge is 2.24. The number of hydrogen-bond acceptors (Lipinski definition) is 8. The molecule has 0 saturated heterocycles. The van der Waals surface area contributed by atoms with Crippen LogP contribution in [0.1, 0.15) is 36.6 Å². The van der Waals surface area contributed by atoms with E-state index >= 15 is 0 Å². The summed E-state index contributed by atoms with van der Waals surface area (Å²) in [7, 11) is 3.35. The number of rotatable bonds is 15. The fraction of sp³-hybridized carbons (Fsp3) is 0.414. The maximum atomic E-state index is 12.7. The number of benzene rings is 2. The highest BCUT2D eigenvalue weighted by molar-refractivity contribution is 6.31. The molecule has 9 nitrogen and oxygen atoms in total. The van der Waals surface area contributed by atoms with E-state index in [4.69, 9.17) is 32.5 Å². The lowest BCUT2D eigenvalue weighted by molar-refractivity contribution is -0.925. The number of likely N-dealkylation sites (N-methyl/N-ethyl adjacent to an activating group) is 1. The van der Waals surface area contributed by atoms with Crippen LogP contribution >= 0.6 is 11.6 Å². The third-order valence-corrected chi connectivity index (χ3v) is 7.40. The van der Waals surface area contributed by atoms with Crippen molar-refractivity contribution in [1.29, 1.82) is 0 Å². The highest BCUT2D eigenvalue weighted by atomic mass is 35.5. The summed E-state index contributed by atoms with van der Waals surface area (Å²) in [5, 5.41) is 12.7. The van der Waals surface area contributed by atoms with Crippen molar-refractivity contribution in [3.8, 4) is 11.5 Å². The number of hydrogen-bond donors (Lipinski definition) is 2. The van der Waals surface area contributed by atoms with Crippen molar-refractivity contribution >= 4 is 29.1 Å². The van der Waals surface area contributed by atoms with Crippen LogP contribution in [-0.4, -0.2) is 67.3 Å². The zero-order chi connectivity index (χ0) is 28.3. The van der Waals surface area contributed by atoms with Gasteiger partial charge in [-0.15, -0.1) is 0 Å². The van der Waals surface area contributed by atoms with Crippen LogP contribution in [0.4, 0.5) is 11.6 Å². The van der Waals surface area contributed by atoms with Gasteiger partial charge in [-0.3, -0.25) is 4.99 Å². The molecule has 0 aliphatic rings. The standard InChI is InChI=1S/C29H39ClN6O3/c1-4-36(18-5-7-21-9-13-23(38-2)14-10-21,19-6-8-22-11-15-24(39-3)16-12-22)20-17-33-29(37)25-27(31)35-28(32)26(30)34-25/h9-16H,4-8,17-20H2,1-3H3,(H4-,31,32,33,35,37). The second kappa shape index (κ2) is 14.6. The summed E-state index contributed by atoms with van der Waals surface area (Å²) in [6, 6.07) is 16.4. The molecule has 1 heterocycles. The molecule has 10 heteroatoms. The van der Waals surface area contributed by atoms with E-state index in [9.17, 15) is 5.11 Å². The van der Waals surface area contributed by atoms with Gasteiger partial charge >= 0.3 is 0 Å². The Balaban J connectivity index is 1.68. The average molecular weight is 555 g/mol. The van der Waals surface area contributed by atoms with Gasteiger partial charge in [0.2, 0.25) is 0 Å². The lowest BCUT2D eigenvalue weighted by Gasteiger charge is -2.38. The van der Waals surface area contributed by atoms with Gasteiger partial charge in [0.05, 0.1) is 46.9 Å². The topological polar surface area (TPSA) is 132 Å². The number of nitrogens with two attached hydrogens (primary N) is 2. The van der Waals surface area contributed by atoms with Gasteiger partial charge in [-0.1, -0.05) is 35.9 Å². The molecule has 3 aromatic rings. The first-order valence-corrected chi connectivity index (χ1v) is 13.6. The number of aromatic nitrogens is 2. The highest BCUT2D eigenvalue weighted by Crippen LogP contribution is 2.19. The molecular weight excluding hydrogens is 516 g/mol. The SMILES string of the molecule is CC[N+](CCCc1ccc(OC)cc1)(CCCc1ccc(OC)cc1)CCN=C([O-])c1nc(Cl)c(N)nc1N. The van der Waals surface area contributed by atoms with Gasteiger partial charge < -0.3 is 30.5 Å². The van der Waals surface area contributed by atoms with Gasteiger partial charge in [0, 0.05) is 18.7 Å². The summed E-state index contributed by atoms with van der Waals surface area (Å²) < 4.78 is 11.4. The molecular formula is C29H39ClN6O3. The number of anilines is 2. The Labute approximate surface area is 236 Å². The Morgan fingerprint density at radius 1 is 0.846 bits per heavy atom. The van der Waals surface area contributed by atoms with E-state index in [1.807, 2.05) is 24.3 Å². The van der Waals surface area contributed by atoms with Gasteiger partial charge in [-0.2, -0.15) is 0 Å². The summed E-state index contributed by atoms with van der Waals surface area (Å²) in [6.45, 7) is 6.16. The van der Waals surface area contributed by atoms with Gasteiger partial charge in [-0.05, 0) is 55.2 Å². The molecule has 0 bridgehead atoms. The minimum Gasteiger partial charge on any atom is -0.857 e. The summed E-state index contributed by atoms with van der Waals surface area (Å²) in [4.78, 5) is 12.1. The van der Waals surface area contributed by atoms with Crippen molar-refractivity contribution < 1.29 is 19.1 Å². The quantitative estimate of drug-likeness (QED) is 0.167. The number of aliphatic imine (C=N–C) groups is 1. The van der Waals surface area contributed by atoms with E-state index in [-0.39, 0.29) is 22.5 Å². The molecule has 210 valence electrons. The maximum Gasteiger partial charge on any atom is 0.172 e. The molecule has 4 N–H and O–H groups in total. The first kappa shape index (κ1) is 30.0. The minimum atomic E-state index is -0.535. The lowest BCUT2D eigenvalue weighted by atomic mass is 10.1. The summed E-state index contributed by atoms with van der Waals surface area (Å²) in [5.74, 6) is 1.10. The van der Waals surface area contributed by atoms with Crippen LogP contribution < -0.4 is 26.0 Å². The van der Waals surface area contributed by atoms with Crippen molar-refractivity contribution in [3.05, 3.63) is 70.5 Å². The number of aryl methyl sites for hydroxylation is 2.